The monoisotopic (exact) mass is 256 g/mol. The number of nitrogens with zero attached hydrogens (tertiary/aromatic N) is 1. The Morgan fingerprint density at radius 2 is 2.05 bits per heavy atom. The third-order valence-electron chi connectivity index (χ3n) is 2.99. The highest BCUT2D eigenvalue weighted by Gasteiger charge is 2.13. The van der Waals surface area contributed by atoms with Gasteiger partial charge in [-0.3, -0.25) is 9.78 Å². The molecule has 0 saturated carbocycles. The Kier molecular flexibility index (Phi) is 3.84. The van der Waals surface area contributed by atoms with Gasteiger partial charge in [-0.2, -0.15) is 0 Å². The van der Waals surface area contributed by atoms with E-state index in [1.165, 1.54) is 0 Å². The summed E-state index contributed by atoms with van der Waals surface area (Å²) < 4.78 is 0. The molecule has 0 bridgehead atoms. The summed E-state index contributed by atoms with van der Waals surface area (Å²) in [4.78, 5) is 16.1. The molecule has 0 saturated heterocycles. The number of hydrogen-bond acceptors (Lipinski definition) is 2. The van der Waals surface area contributed by atoms with Crippen LogP contribution < -0.4 is 5.32 Å². The number of pyridine rings is 1. The van der Waals surface area contributed by atoms with E-state index in [9.17, 15) is 4.79 Å². The zero-order valence-corrected chi connectivity index (χ0v) is 11.7. The van der Waals surface area contributed by atoms with Crippen LogP contribution in [-0.2, 0) is 4.79 Å². The molecule has 1 heterocycles. The first-order valence-corrected chi connectivity index (χ1v) is 6.59. The summed E-state index contributed by atoms with van der Waals surface area (Å²) in [5.41, 5.74) is 1.89. The van der Waals surface area contributed by atoms with Crippen LogP contribution in [0.1, 0.15) is 33.6 Å². The van der Waals surface area contributed by atoms with Crippen LogP contribution in [0.3, 0.4) is 0 Å². The van der Waals surface area contributed by atoms with E-state index in [0.717, 1.165) is 23.0 Å². The van der Waals surface area contributed by atoms with Gasteiger partial charge in [0.25, 0.3) is 0 Å². The molecule has 2 rings (SSSR count). The third-order valence-corrected chi connectivity index (χ3v) is 2.99. The van der Waals surface area contributed by atoms with Crippen LogP contribution >= 0.6 is 0 Å². The predicted molar refractivity (Wildman–Crippen MR) is 79.1 cm³/mol. The molecule has 0 aliphatic carbocycles. The lowest BCUT2D eigenvalue weighted by atomic mass is 9.90. The highest BCUT2D eigenvalue weighted by atomic mass is 16.1. The lowest BCUT2D eigenvalue weighted by molar-refractivity contribution is -0.116. The number of fused-ring (bicyclic) bond motifs is 1. The van der Waals surface area contributed by atoms with Gasteiger partial charge in [-0.1, -0.05) is 32.9 Å². The second-order valence-electron chi connectivity index (χ2n) is 6.02. The largest absolute Gasteiger partial charge is 0.326 e. The third kappa shape index (κ3) is 4.05. The van der Waals surface area contributed by atoms with E-state index in [0.29, 0.717) is 6.42 Å². The minimum Gasteiger partial charge on any atom is -0.326 e. The molecule has 2 aromatic rings. The Hall–Kier alpha value is -1.90. The van der Waals surface area contributed by atoms with Gasteiger partial charge in [0.05, 0.1) is 5.52 Å². The first kappa shape index (κ1) is 13.5. The average molecular weight is 256 g/mol. The lowest BCUT2D eigenvalue weighted by Crippen LogP contribution is -2.15. The van der Waals surface area contributed by atoms with Crippen molar-refractivity contribution in [2.24, 2.45) is 5.41 Å². The topological polar surface area (TPSA) is 42.0 Å². The number of rotatable bonds is 3. The summed E-state index contributed by atoms with van der Waals surface area (Å²) in [6, 6.07) is 9.71. The molecule has 0 atom stereocenters. The summed E-state index contributed by atoms with van der Waals surface area (Å²) in [6.45, 7) is 6.42. The van der Waals surface area contributed by atoms with Crippen molar-refractivity contribution in [1.29, 1.82) is 0 Å². The Morgan fingerprint density at radius 1 is 1.26 bits per heavy atom. The van der Waals surface area contributed by atoms with Crippen LogP contribution in [0.5, 0.6) is 0 Å². The molecule has 0 aliphatic heterocycles. The average Bonchev–Trinajstić information content (AvgIpc) is 2.35. The van der Waals surface area contributed by atoms with E-state index >= 15 is 0 Å². The molecule has 1 amide bonds. The quantitative estimate of drug-likeness (QED) is 0.901. The maximum atomic E-state index is 11.9. The van der Waals surface area contributed by atoms with Crippen LogP contribution in [0.25, 0.3) is 10.9 Å². The number of aromatic nitrogens is 1. The zero-order valence-electron chi connectivity index (χ0n) is 11.7. The van der Waals surface area contributed by atoms with Crippen molar-refractivity contribution in [3.63, 3.8) is 0 Å². The van der Waals surface area contributed by atoms with E-state index in [2.05, 4.69) is 31.1 Å². The Morgan fingerprint density at radius 3 is 2.79 bits per heavy atom. The van der Waals surface area contributed by atoms with Crippen LogP contribution in [0.4, 0.5) is 5.69 Å². The maximum absolute atomic E-state index is 11.9. The van der Waals surface area contributed by atoms with Gasteiger partial charge in [-0.25, -0.2) is 0 Å². The number of amides is 1. The van der Waals surface area contributed by atoms with E-state index in [1.54, 1.807) is 6.20 Å². The van der Waals surface area contributed by atoms with Crippen molar-refractivity contribution >= 4 is 22.5 Å². The van der Waals surface area contributed by atoms with Crippen molar-refractivity contribution < 1.29 is 4.79 Å². The van der Waals surface area contributed by atoms with Gasteiger partial charge in [0, 0.05) is 23.7 Å². The number of hydrogen-bond donors (Lipinski definition) is 1. The summed E-state index contributed by atoms with van der Waals surface area (Å²) in [7, 11) is 0. The smallest absolute Gasteiger partial charge is 0.224 e. The molecule has 0 unspecified atom stereocenters. The fourth-order valence-corrected chi connectivity index (χ4v) is 1.86. The minimum absolute atomic E-state index is 0.0604. The first-order chi connectivity index (χ1) is 8.94. The second-order valence-corrected chi connectivity index (χ2v) is 6.02. The number of nitrogens with one attached hydrogen (secondary N) is 1. The standard InChI is InChI=1S/C16H20N2O/c1-16(2,3)9-8-15(19)18-13-7-6-12-5-4-10-17-14(12)11-13/h4-7,10-11H,8-9H2,1-3H3,(H,18,19). The van der Waals surface area contributed by atoms with Crippen LogP contribution in [0.2, 0.25) is 0 Å². The van der Waals surface area contributed by atoms with Crippen molar-refractivity contribution in [3.05, 3.63) is 36.5 Å². The van der Waals surface area contributed by atoms with Gasteiger partial charge in [0.15, 0.2) is 0 Å². The molecule has 3 heteroatoms. The fourth-order valence-electron chi connectivity index (χ4n) is 1.86. The molecule has 0 radical (unpaired) electrons. The van der Waals surface area contributed by atoms with Gasteiger partial charge in [-0.05, 0) is 30.0 Å². The van der Waals surface area contributed by atoms with E-state index in [-0.39, 0.29) is 11.3 Å². The van der Waals surface area contributed by atoms with Crippen molar-refractivity contribution in [3.8, 4) is 0 Å². The van der Waals surface area contributed by atoms with E-state index in [4.69, 9.17) is 0 Å². The summed E-state index contributed by atoms with van der Waals surface area (Å²) >= 11 is 0. The molecule has 100 valence electrons. The summed E-state index contributed by atoms with van der Waals surface area (Å²) in [5.74, 6) is 0.0604. The van der Waals surface area contributed by atoms with Crippen molar-refractivity contribution in [2.45, 2.75) is 33.6 Å². The van der Waals surface area contributed by atoms with Crippen LogP contribution in [-0.4, -0.2) is 10.9 Å². The summed E-state index contributed by atoms with van der Waals surface area (Å²) in [5, 5.41) is 4.01. The number of carbonyl (C=O) groups is 1. The van der Waals surface area contributed by atoms with Crippen molar-refractivity contribution in [1.82, 2.24) is 4.98 Å². The Labute approximate surface area is 114 Å². The molecule has 0 fully saturated rings. The van der Waals surface area contributed by atoms with Crippen LogP contribution in [0, 0.1) is 5.41 Å². The number of carbonyl (C=O) groups excluding carboxylic acids is 1. The van der Waals surface area contributed by atoms with Gasteiger partial charge >= 0.3 is 0 Å². The number of anilines is 1. The molecule has 0 aliphatic rings. The summed E-state index contributed by atoms with van der Waals surface area (Å²) in [6.07, 6.45) is 3.18. The molecule has 1 N–H and O–H groups in total. The highest BCUT2D eigenvalue weighted by molar-refractivity contribution is 5.93. The molecule has 3 nitrogen and oxygen atoms in total. The van der Waals surface area contributed by atoms with Gasteiger partial charge in [-0.15, -0.1) is 0 Å². The predicted octanol–water partition coefficient (Wildman–Crippen LogP) is 4.00. The molecule has 0 spiro atoms. The van der Waals surface area contributed by atoms with Crippen molar-refractivity contribution in [2.75, 3.05) is 5.32 Å². The molecular weight excluding hydrogens is 236 g/mol. The van der Waals surface area contributed by atoms with Gasteiger partial charge in [0.2, 0.25) is 5.91 Å². The fraction of sp³-hybridized carbons (Fsp3) is 0.375. The molecule has 1 aromatic carbocycles. The van der Waals surface area contributed by atoms with E-state index < -0.39 is 0 Å². The molecular formula is C16H20N2O. The van der Waals surface area contributed by atoms with Gasteiger partial charge in [0.1, 0.15) is 0 Å². The molecule has 19 heavy (non-hydrogen) atoms. The Bertz CT molecular complexity index is 585. The van der Waals surface area contributed by atoms with Crippen LogP contribution in [0.15, 0.2) is 36.5 Å². The minimum atomic E-state index is 0.0604. The SMILES string of the molecule is CC(C)(C)CCC(=O)Nc1ccc2cccnc2c1. The lowest BCUT2D eigenvalue weighted by Gasteiger charge is -2.17. The normalized spacial score (nSPS) is 11.5. The molecule has 1 aromatic heterocycles. The first-order valence-electron chi connectivity index (χ1n) is 6.59. The zero-order chi connectivity index (χ0) is 13.9. The van der Waals surface area contributed by atoms with E-state index in [1.807, 2.05) is 30.3 Å². The maximum Gasteiger partial charge on any atom is 0.224 e. The van der Waals surface area contributed by atoms with Gasteiger partial charge < -0.3 is 5.32 Å². The second kappa shape index (κ2) is 5.39. The highest BCUT2D eigenvalue weighted by Crippen LogP contribution is 2.21. The Balaban J connectivity index is 2.03. The number of benzene rings is 1.